The molecule has 0 atom stereocenters. The number of amides is 1. The minimum atomic E-state index is -0.140. The van der Waals surface area contributed by atoms with Gasteiger partial charge in [-0.05, 0) is 13.8 Å². The highest BCUT2D eigenvalue weighted by molar-refractivity contribution is 6.03. The van der Waals surface area contributed by atoms with Gasteiger partial charge in [-0.15, -0.1) is 0 Å². The van der Waals surface area contributed by atoms with E-state index in [0.29, 0.717) is 17.1 Å². The quantitative estimate of drug-likeness (QED) is 0.855. The number of nitrogens with zero attached hydrogens (tertiary/aromatic N) is 2. The van der Waals surface area contributed by atoms with Crippen LogP contribution < -0.4 is 5.32 Å². The lowest BCUT2D eigenvalue weighted by Crippen LogP contribution is -2.12. The van der Waals surface area contributed by atoms with Crippen LogP contribution in [0.3, 0.4) is 0 Å². The van der Waals surface area contributed by atoms with Gasteiger partial charge in [0.2, 0.25) is 0 Å². The summed E-state index contributed by atoms with van der Waals surface area (Å²) in [5.74, 6) is 0.500. The lowest BCUT2D eigenvalue weighted by molar-refractivity contribution is -0.112. The second kappa shape index (κ2) is 5.91. The molecule has 2 rings (SSSR count). The van der Waals surface area contributed by atoms with Crippen molar-refractivity contribution in [1.82, 2.24) is 9.97 Å². The molecule has 0 fully saturated rings. The average Bonchev–Trinajstić information content (AvgIpc) is 2.48. The Morgan fingerprint density at radius 1 is 1.16 bits per heavy atom. The highest BCUT2D eigenvalue weighted by atomic mass is 16.1. The zero-order valence-corrected chi connectivity index (χ0v) is 10.9. The highest BCUT2D eigenvalue weighted by Crippen LogP contribution is 2.15. The standard InChI is InChI=1S/C15H15N3O/c1-3-11(2)15(19)18-13-9-16-14(17-10-13)12-7-5-4-6-8-12/h3-10H,1-2H3,(H,18,19). The van der Waals surface area contributed by atoms with Gasteiger partial charge < -0.3 is 5.32 Å². The molecule has 0 aliphatic heterocycles. The summed E-state index contributed by atoms with van der Waals surface area (Å²) in [6, 6.07) is 9.70. The van der Waals surface area contributed by atoms with E-state index >= 15 is 0 Å². The third-order valence-electron chi connectivity index (χ3n) is 2.73. The maximum Gasteiger partial charge on any atom is 0.251 e. The molecule has 1 amide bonds. The molecule has 4 nitrogen and oxygen atoms in total. The minimum absolute atomic E-state index is 0.140. The van der Waals surface area contributed by atoms with E-state index in [-0.39, 0.29) is 5.91 Å². The first-order valence-electron chi connectivity index (χ1n) is 6.02. The molecule has 1 heterocycles. The summed E-state index contributed by atoms with van der Waals surface area (Å²) in [6.45, 7) is 3.58. The molecule has 19 heavy (non-hydrogen) atoms. The molecule has 0 spiro atoms. The Morgan fingerprint density at radius 3 is 2.37 bits per heavy atom. The van der Waals surface area contributed by atoms with Crippen molar-refractivity contribution in [2.75, 3.05) is 5.32 Å². The summed E-state index contributed by atoms with van der Waals surface area (Å²) in [5.41, 5.74) is 2.20. The maximum absolute atomic E-state index is 11.7. The van der Waals surface area contributed by atoms with Crippen LogP contribution in [0.25, 0.3) is 11.4 Å². The zero-order chi connectivity index (χ0) is 13.7. The molecule has 0 radical (unpaired) electrons. The van der Waals surface area contributed by atoms with Crippen molar-refractivity contribution in [1.29, 1.82) is 0 Å². The van der Waals surface area contributed by atoms with Crippen molar-refractivity contribution in [2.45, 2.75) is 13.8 Å². The summed E-state index contributed by atoms with van der Waals surface area (Å²) in [4.78, 5) is 20.1. The molecule has 0 saturated heterocycles. The molecule has 0 aliphatic carbocycles. The van der Waals surface area contributed by atoms with E-state index in [1.165, 1.54) is 0 Å². The Kier molecular flexibility index (Phi) is 4.03. The number of carbonyl (C=O) groups is 1. The normalized spacial score (nSPS) is 11.2. The van der Waals surface area contributed by atoms with Crippen LogP contribution in [0.2, 0.25) is 0 Å². The number of hydrogen-bond donors (Lipinski definition) is 1. The molecule has 4 heteroatoms. The van der Waals surface area contributed by atoms with Gasteiger partial charge in [-0.2, -0.15) is 0 Å². The van der Waals surface area contributed by atoms with Crippen molar-refractivity contribution in [3.8, 4) is 11.4 Å². The molecular weight excluding hydrogens is 238 g/mol. The van der Waals surface area contributed by atoms with E-state index in [1.807, 2.05) is 37.3 Å². The lowest BCUT2D eigenvalue weighted by atomic mass is 10.2. The second-order valence-electron chi connectivity index (χ2n) is 4.09. The molecule has 96 valence electrons. The largest absolute Gasteiger partial charge is 0.320 e. The van der Waals surface area contributed by atoms with E-state index < -0.39 is 0 Å². The summed E-state index contributed by atoms with van der Waals surface area (Å²) in [7, 11) is 0. The first kappa shape index (κ1) is 13.0. The minimum Gasteiger partial charge on any atom is -0.320 e. The predicted octanol–water partition coefficient (Wildman–Crippen LogP) is 3.05. The zero-order valence-electron chi connectivity index (χ0n) is 10.9. The third-order valence-corrected chi connectivity index (χ3v) is 2.73. The van der Waals surface area contributed by atoms with E-state index in [0.717, 1.165) is 5.56 Å². The third kappa shape index (κ3) is 3.25. The van der Waals surface area contributed by atoms with Gasteiger partial charge in [-0.3, -0.25) is 4.79 Å². The number of rotatable bonds is 3. The molecular formula is C15H15N3O. The number of hydrogen-bond acceptors (Lipinski definition) is 3. The van der Waals surface area contributed by atoms with E-state index in [1.54, 1.807) is 25.4 Å². The van der Waals surface area contributed by atoms with Crippen LogP contribution in [-0.4, -0.2) is 15.9 Å². The Balaban J connectivity index is 2.13. The van der Waals surface area contributed by atoms with Gasteiger partial charge in [0.1, 0.15) is 0 Å². The van der Waals surface area contributed by atoms with Crippen molar-refractivity contribution in [2.24, 2.45) is 0 Å². The molecule has 2 aromatic rings. The molecule has 0 bridgehead atoms. The molecule has 1 aromatic carbocycles. The fourth-order valence-electron chi connectivity index (χ4n) is 1.49. The monoisotopic (exact) mass is 253 g/mol. The Morgan fingerprint density at radius 2 is 1.79 bits per heavy atom. The topological polar surface area (TPSA) is 54.9 Å². The van der Waals surface area contributed by atoms with Crippen molar-refractivity contribution in [3.63, 3.8) is 0 Å². The van der Waals surface area contributed by atoms with Gasteiger partial charge in [0.15, 0.2) is 5.82 Å². The van der Waals surface area contributed by atoms with Crippen LogP contribution >= 0.6 is 0 Å². The number of benzene rings is 1. The summed E-state index contributed by atoms with van der Waals surface area (Å²) in [5, 5.41) is 2.74. The molecule has 1 N–H and O–H groups in total. The van der Waals surface area contributed by atoms with Crippen LogP contribution in [0.5, 0.6) is 0 Å². The maximum atomic E-state index is 11.7. The van der Waals surface area contributed by atoms with E-state index in [4.69, 9.17) is 0 Å². The fraction of sp³-hybridized carbons (Fsp3) is 0.133. The van der Waals surface area contributed by atoms with Gasteiger partial charge in [0.25, 0.3) is 5.91 Å². The van der Waals surface area contributed by atoms with Crippen LogP contribution in [0.4, 0.5) is 5.69 Å². The first-order chi connectivity index (χ1) is 9.20. The van der Waals surface area contributed by atoms with E-state index in [9.17, 15) is 4.79 Å². The first-order valence-corrected chi connectivity index (χ1v) is 6.02. The van der Waals surface area contributed by atoms with E-state index in [2.05, 4.69) is 15.3 Å². The number of anilines is 1. The number of allylic oxidation sites excluding steroid dienone is 1. The van der Waals surface area contributed by atoms with Gasteiger partial charge in [-0.25, -0.2) is 9.97 Å². The Bertz CT molecular complexity index is 589. The molecule has 0 aliphatic rings. The van der Waals surface area contributed by atoms with Crippen molar-refractivity contribution < 1.29 is 4.79 Å². The second-order valence-corrected chi connectivity index (χ2v) is 4.09. The molecule has 0 saturated carbocycles. The van der Waals surface area contributed by atoms with Gasteiger partial charge in [0, 0.05) is 11.1 Å². The summed E-state index contributed by atoms with van der Waals surface area (Å²) < 4.78 is 0. The summed E-state index contributed by atoms with van der Waals surface area (Å²) >= 11 is 0. The SMILES string of the molecule is CC=C(C)C(=O)Nc1cnc(-c2ccccc2)nc1. The van der Waals surface area contributed by atoms with Crippen LogP contribution in [-0.2, 0) is 4.79 Å². The van der Waals surface area contributed by atoms with Crippen molar-refractivity contribution in [3.05, 3.63) is 54.4 Å². The predicted molar refractivity (Wildman–Crippen MR) is 75.5 cm³/mol. The lowest BCUT2D eigenvalue weighted by Gasteiger charge is -2.05. The van der Waals surface area contributed by atoms with Crippen molar-refractivity contribution >= 4 is 11.6 Å². The molecule has 0 unspecified atom stereocenters. The number of aromatic nitrogens is 2. The Labute approximate surface area is 112 Å². The Hall–Kier alpha value is -2.49. The van der Waals surface area contributed by atoms with Crippen LogP contribution in [0, 0.1) is 0 Å². The van der Waals surface area contributed by atoms with Gasteiger partial charge >= 0.3 is 0 Å². The van der Waals surface area contributed by atoms with Gasteiger partial charge in [-0.1, -0.05) is 36.4 Å². The summed E-state index contributed by atoms with van der Waals surface area (Å²) in [6.07, 6.45) is 4.97. The van der Waals surface area contributed by atoms with Crippen LogP contribution in [0.1, 0.15) is 13.8 Å². The highest BCUT2D eigenvalue weighted by Gasteiger charge is 2.05. The fourth-order valence-corrected chi connectivity index (χ4v) is 1.49. The smallest absolute Gasteiger partial charge is 0.251 e. The number of nitrogens with one attached hydrogen (secondary N) is 1. The van der Waals surface area contributed by atoms with Gasteiger partial charge in [0.05, 0.1) is 18.1 Å². The molecule has 1 aromatic heterocycles. The average molecular weight is 253 g/mol. The number of carbonyl (C=O) groups excluding carboxylic acids is 1. The van der Waals surface area contributed by atoms with Crippen LogP contribution in [0.15, 0.2) is 54.4 Å².